The number of hydrogen-bond acceptors (Lipinski definition) is 5. The fourth-order valence-corrected chi connectivity index (χ4v) is 10.2. The van der Waals surface area contributed by atoms with E-state index < -0.39 is 14.9 Å². The Balaban J connectivity index is 1.88. The molecule has 2 aliphatic heterocycles. The molecule has 0 fully saturated rings. The molecule has 0 spiro atoms. The van der Waals surface area contributed by atoms with Crippen LogP contribution in [0.1, 0.15) is 38.8 Å². The highest BCUT2D eigenvalue weighted by atomic mass is 32.1. The van der Waals surface area contributed by atoms with Crippen molar-refractivity contribution in [3.8, 4) is 0 Å². The maximum atomic E-state index is 13.9. The molecule has 2 heterocycles. The largest absolute Gasteiger partial charge is 0.356 e. The molecular formula is C26H34N2O3P2. The van der Waals surface area contributed by atoms with Crippen LogP contribution >= 0.6 is 14.9 Å². The number of fused-ring (bicyclic) bond motifs is 2. The molecule has 0 saturated carbocycles. The summed E-state index contributed by atoms with van der Waals surface area (Å²) in [5, 5.41) is 0. The van der Waals surface area contributed by atoms with Crippen molar-refractivity contribution in [1.82, 2.24) is 0 Å². The summed E-state index contributed by atoms with van der Waals surface area (Å²) in [4.78, 5) is 4.41. The molecule has 0 aliphatic carbocycles. The van der Waals surface area contributed by atoms with Crippen molar-refractivity contribution in [2.75, 3.05) is 38.1 Å². The van der Waals surface area contributed by atoms with Crippen molar-refractivity contribution >= 4 is 26.3 Å². The van der Waals surface area contributed by atoms with Crippen LogP contribution in [0, 0.1) is 0 Å². The Morgan fingerprint density at radius 1 is 0.758 bits per heavy atom. The third kappa shape index (κ3) is 3.70. The SMILES string of the molecule is COP(=O)(OC)P(C=C1N(C)c2ccccc2C1(C)C)C=C1N(C)c2ccccc2C1(C)C. The summed E-state index contributed by atoms with van der Waals surface area (Å²) >= 11 is 0. The number of benzene rings is 2. The summed E-state index contributed by atoms with van der Waals surface area (Å²) in [7, 11) is 2.32. The Kier molecular flexibility index (Phi) is 6.16. The van der Waals surface area contributed by atoms with Gasteiger partial charge in [0.05, 0.1) is 7.61 Å². The van der Waals surface area contributed by atoms with Gasteiger partial charge in [-0.25, -0.2) is 0 Å². The lowest BCUT2D eigenvalue weighted by Gasteiger charge is -2.30. The molecular weight excluding hydrogens is 450 g/mol. The number of hydrogen-bond donors (Lipinski definition) is 0. The lowest BCUT2D eigenvalue weighted by atomic mass is 9.84. The topological polar surface area (TPSA) is 42.0 Å². The molecule has 2 aromatic rings. The Bertz CT molecular complexity index is 1100. The quantitative estimate of drug-likeness (QED) is 0.414. The zero-order chi connectivity index (χ0) is 24.2. The van der Waals surface area contributed by atoms with Crippen LogP contribution in [-0.4, -0.2) is 28.3 Å². The van der Waals surface area contributed by atoms with Crippen LogP contribution in [0.25, 0.3) is 0 Å². The minimum absolute atomic E-state index is 0.225. The van der Waals surface area contributed by atoms with Crippen molar-refractivity contribution in [2.45, 2.75) is 38.5 Å². The van der Waals surface area contributed by atoms with Gasteiger partial charge in [-0.1, -0.05) is 64.1 Å². The molecule has 4 rings (SSSR count). The minimum Gasteiger partial charge on any atom is -0.347 e. The summed E-state index contributed by atoms with van der Waals surface area (Å²) in [6, 6.07) is 16.9. The monoisotopic (exact) mass is 484 g/mol. The number of para-hydroxylation sites is 2. The summed E-state index contributed by atoms with van der Waals surface area (Å²) in [5.74, 6) is 4.28. The van der Waals surface area contributed by atoms with Gasteiger partial charge in [-0.05, 0) is 34.9 Å². The van der Waals surface area contributed by atoms with E-state index in [9.17, 15) is 4.57 Å². The Morgan fingerprint density at radius 2 is 1.12 bits per heavy atom. The fourth-order valence-electron chi connectivity index (χ4n) is 5.15. The molecule has 2 aromatic carbocycles. The van der Waals surface area contributed by atoms with Crippen molar-refractivity contribution in [3.63, 3.8) is 0 Å². The second-order valence-corrected chi connectivity index (χ2v) is 15.4. The summed E-state index contributed by atoms with van der Waals surface area (Å²) in [5.41, 5.74) is 6.63. The van der Waals surface area contributed by atoms with Crippen LogP contribution in [0.4, 0.5) is 11.4 Å². The zero-order valence-corrected chi connectivity index (χ0v) is 22.6. The second kappa shape index (κ2) is 8.40. The maximum Gasteiger partial charge on any atom is 0.356 e. The van der Waals surface area contributed by atoms with Gasteiger partial charge < -0.3 is 18.8 Å². The molecule has 0 radical (unpaired) electrons. The third-order valence-electron chi connectivity index (χ3n) is 7.13. The molecule has 7 heteroatoms. The molecule has 0 saturated heterocycles. The Morgan fingerprint density at radius 3 is 1.45 bits per heavy atom. The van der Waals surface area contributed by atoms with Crippen molar-refractivity contribution < 1.29 is 13.6 Å². The molecule has 33 heavy (non-hydrogen) atoms. The summed E-state index contributed by atoms with van der Waals surface area (Å²) < 4.78 is 25.0. The highest BCUT2D eigenvalue weighted by Gasteiger charge is 2.44. The Hall–Kier alpha value is -1.90. The van der Waals surface area contributed by atoms with Gasteiger partial charge in [-0.2, -0.15) is 0 Å². The highest BCUT2D eigenvalue weighted by molar-refractivity contribution is 8.31. The first-order valence-corrected chi connectivity index (χ1v) is 14.8. The van der Waals surface area contributed by atoms with E-state index in [2.05, 4.69) is 112 Å². The van der Waals surface area contributed by atoms with Crippen LogP contribution in [0.3, 0.4) is 0 Å². The number of nitrogens with zero attached hydrogens (tertiary/aromatic N) is 2. The summed E-state index contributed by atoms with van der Waals surface area (Å²) in [6.45, 7) is 8.86. The molecule has 0 N–H and O–H groups in total. The molecule has 0 bridgehead atoms. The third-order valence-corrected chi connectivity index (χ3v) is 13.0. The van der Waals surface area contributed by atoms with Gasteiger partial charge in [0.2, 0.25) is 0 Å². The normalized spacial score (nSPS) is 22.1. The van der Waals surface area contributed by atoms with Gasteiger partial charge in [0.25, 0.3) is 0 Å². The Labute approximate surface area is 199 Å². The van der Waals surface area contributed by atoms with E-state index in [1.54, 1.807) is 0 Å². The average Bonchev–Trinajstić information content (AvgIpc) is 3.12. The number of likely N-dealkylation sites (N-methyl/N-ethyl adjacent to an activating group) is 2. The van der Waals surface area contributed by atoms with Crippen molar-refractivity contribution in [2.24, 2.45) is 0 Å². The van der Waals surface area contributed by atoms with E-state index in [0.29, 0.717) is 0 Å². The van der Waals surface area contributed by atoms with Gasteiger partial charge in [0.1, 0.15) is 0 Å². The van der Waals surface area contributed by atoms with Crippen LogP contribution in [-0.2, 0) is 24.4 Å². The minimum atomic E-state index is -3.39. The molecule has 176 valence electrons. The first-order chi connectivity index (χ1) is 15.5. The van der Waals surface area contributed by atoms with E-state index in [1.807, 2.05) is 0 Å². The maximum absolute atomic E-state index is 13.9. The first-order valence-electron chi connectivity index (χ1n) is 11.1. The lowest BCUT2D eigenvalue weighted by Crippen LogP contribution is -2.23. The smallest absolute Gasteiger partial charge is 0.347 e. The van der Waals surface area contributed by atoms with Crippen LogP contribution in [0.15, 0.2) is 71.6 Å². The standard InChI is InChI=1S/C26H34N2O3P2/c1-25(2)19-13-9-11-15-21(19)27(5)23(25)17-32(33(29,30-7)31-8)18-24-26(3,4)20-14-10-12-16-22(20)28(24)6/h9-18H,1-8H3. The molecule has 0 aromatic heterocycles. The number of anilines is 2. The molecule has 0 atom stereocenters. The lowest BCUT2D eigenvalue weighted by molar-refractivity contribution is 0.294. The zero-order valence-electron chi connectivity index (χ0n) is 20.8. The van der Waals surface area contributed by atoms with E-state index in [4.69, 9.17) is 9.05 Å². The average molecular weight is 485 g/mol. The van der Waals surface area contributed by atoms with Gasteiger partial charge in [0.15, 0.2) is 0 Å². The second-order valence-electron chi connectivity index (χ2n) is 9.64. The number of allylic oxidation sites excluding steroid dienone is 2. The predicted octanol–water partition coefficient (Wildman–Crippen LogP) is 7.41. The van der Waals surface area contributed by atoms with Gasteiger partial charge >= 0.3 is 7.28 Å². The van der Waals surface area contributed by atoms with E-state index in [1.165, 1.54) is 36.7 Å². The molecule has 0 unspecified atom stereocenters. The van der Waals surface area contributed by atoms with Gasteiger partial charge in [0, 0.05) is 61.9 Å². The molecule has 5 nitrogen and oxygen atoms in total. The number of rotatable bonds is 5. The van der Waals surface area contributed by atoms with Crippen LogP contribution < -0.4 is 9.80 Å². The van der Waals surface area contributed by atoms with Crippen LogP contribution in [0.2, 0.25) is 0 Å². The predicted molar refractivity (Wildman–Crippen MR) is 140 cm³/mol. The first kappa shape index (κ1) is 24.2. The van der Waals surface area contributed by atoms with Gasteiger partial charge in [-0.15, -0.1) is 0 Å². The van der Waals surface area contributed by atoms with Crippen LogP contribution in [0.5, 0.6) is 0 Å². The van der Waals surface area contributed by atoms with Crippen molar-refractivity contribution in [3.05, 3.63) is 82.7 Å². The van der Waals surface area contributed by atoms with E-state index in [-0.39, 0.29) is 10.8 Å². The van der Waals surface area contributed by atoms with Gasteiger partial charge in [-0.3, -0.25) is 4.57 Å². The highest BCUT2D eigenvalue weighted by Crippen LogP contribution is 2.79. The van der Waals surface area contributed by atoms with E-state index in [0.717, 1.165) is 11.4 Å². The molecule has 2 aliphatic rings. The summed E-state index contributed by atoms with van der Waals surface area (Å²) in [6.07, 6.45) is 0. The van der Waals surface area contributed by atoms with E-state index >= 15 is 0 Å². The molecule has 0 amide bonds. The fraction of sp³-hybridized carbons (Fsp3) is 0.385. The van der Waals surface area contributed by atoms with Crippen molar-refractivity contribution in [1.29, 1.82) is 0 Å².